The fourth-order valence-corrected chi connectivity index (χ4v) is 1.91. The Morgan fingerprint density at radius 1 is 1.29 bits per heavy atom. The number of nitrogens with zero attached hydrogens (tertiary/aromatic N) is 1. The molecular weight excluding hydrogens is 269 g/mol. The van der Waals surface area contributed by atoms with Crippen LogP contribution in [-0.2, 0) is 6.54 Å². The highest BCUT2D eigenvalue weighted by Gasteiger charge is 2.11. The summed E-state index contributed by atoms with van der Waals surface area (Å²) in [6.45, 7) is 2.96. The van der Waals surface area contributed by atoms with E-state index < -0.39 is 0 Å². The average molecular weight is 287 g/mol. The summed E-state index contributed by atoms with van der Waals surface area (Å²) in [4.78, 5) is 16.2. The highest BCUT2D eigenvalue weighted by Crippen LogP contribution is 2.14. The van der Waals surface area contributed by atoms with Crippen molar-refractivity contribution in [3.63, 3.8) is 0 Å². The summed E-state index contributed by atoms with van der Waals surface area (Å²) in [6.07, 6.45) is 4.13. The number of halogens is 1. The second-order valence-electron chi connectivity index (χ2n) is 4.62. The third kappa shape index (κ3) is 4.02. The lowest BCUT2D eigenvalue weighted by Crippen LogP contribution is -2.24. The smallest absolute Gasteiger partial charge is 0.253 e. The van der Waals surface area contributed by atoms with Crippen LogP contribution in [0, 0.1) is 5.82 Å². The molecule has 0 unspecified atom stereocenters. The molecule has 0 spiro atoms. The van der Waals surface area contributed by atoms with Crippen LogP contribution in [0.25, 0.3) is 0 Å². The van der Waals surface area contributed by atoms with Gasteiger partial charge in [-0.1, -0.05) is 25.1 Å². The number of rotatable bonds is 6. The van der Waals surface area contributed by atoms with Gasteiger partial charge in [0.2, 0.25) is 0 Å². The molecule has 0 saturated carbocycles. The van der Waals surface area contributed by atoms with Crippen LogP contribution in [0.1, 0.15) is 29.3 Å². The van der Waals surface area contributed by atoms with Gasteiger partial charge in [0.25, 0.3) is 5.91 Å². The standard InChI is InChI=1S/C16H18FN3O/c1-2-8-19-15-11-18-9-7-13(15)16(21)20-10-12-5-3-4-6-14(12)17/h3-7,9,11,19H,2,8,10H2,1H3,(H,20,21). The minimum atomic E-state index is -0.322. The quantitative estimate of drug-likeness (QED) is 0.859. The van der Waals surface area contributed by atoms with E-state index in [0.717, 1.165) is 13.0 Å². The number of nitrogens with one attached hydrogen (secondary N) is 2. The minimum Gasteiger partial charge on any atom is -0.383 e. The van der Waals surface area contributed by atoms with E-state index in [4.69, 9.17) is 0 Å². The molecule has 2 rings (SSSR count). The molecule has 0 aliphatic heterocycles. The summed E-state index contributed by atoms with van der Waals surface area (Å²) in [6, 6.07) is 8.04. The molecule has 1 aromatic heterocycles. The summed E-state index contributed by atoms with van der Waals surface area (Å²) < 4.78 is 13.5. The number of hydrogen-bond donors (Lipinski definition) is 2. The second-order valence-corrected chi connectivity index (χ2v) is 4.62. The molecule has 0 atom stereocenters. The van der Waals surface area contributed by atoms with E-state index in [1.165, 1.54) is 6.07 Å². The van der Waals surface area contributed by atoms with Crippen molar-refractivity contribution in [3.05, 3.63) is 59.7 Å². The molecule has 21 heavy (non-hydrogen) atoms. The minimum absolute atomic E-state index is 0.154. The Bertz CT molecular complexity index is 616. The number of benzene rings is 1. The van der Waals surface area contributed by atoms with E-state index in [1.807, 2.05) is 6.92 Å². The Hall–Kier alpha value is -2.43. The number of anilines is 1. The first-order valence-corrected chi connectivity index (χ1v) is 6.92. The largest absolute Gasteiger partial charge is 0.383 e. The lowest BCUT2D eigenvalue weighted by Gasteiger charge is -2.11. The van der Waals surface area contributed by atoms with Gasteiger partial charge in [-0.25, -0.2) is 4.39 Å². The molecule has 5 heteroatoms. The first-order chi connectivity index (χ1) is 10.2. The molecule has 0 radical (unpaired) electrons. The Kier molecular flexibility index (Phi) is 5.26. The molecule has 2 aromatic rings. The third-order valence-corrected chi connectivity index (χ3v) is 3.03. The molecule has 1 aromatic carbocycles. The SMILES string of the molecule is CCCNc1cnccc1C(=O)NCc1ccccc1F. The summed E-state index contributed by atoms with van der Waals surface area (Å²) in [5.41, 5.74) is 1.66. The Morgan fingerprint density at radius 2 is 2.10 bits per heavy atom. The number of carbonyl (C=O) groups excluding carboxylic acids is 1. The molecule has 0 aliphatic rings. The number of carbonyl (C=O) groups is 1. The zero-order valence-electron chi connectivity index (χ0n) is 11.9. The average Bonchev–Trinajstić information content (AvgIpc) is 2.52. The van der Waals surface area contributed by atoms with E-state index in [1.54, 1.807) is 36.7 Å². The Morgan fingerprint density at radius 3 is 2.86 bits per heavy atom. The maximum atomic E-state index is 13.5. The summed E-state index contributed by atoms with van der Waals surface area (Å²) in [5, 5.41) is 5.88. The molecule has 0 aliphatic carbocycles. The van der Waals surface area contributed by atoms with Gasteiger partial charge in [0.05, 0.1) is 17.4 Å². The molecular formula is C16H18FN3O. The fraction of sp³-hybridized carbons (Fsp3) is 0.250. The maximum Gasteiger partial charge on any atom is 0.253 e. The van der Waals surface area contributed by atoms with Crippen LogP contribution in [0.15, 0.2) is 42.7 Å². The van der Waals surface area contributed by atoms with Gasteiger partial charge in [-0.05, 0) is 18.6 Å². The van der Waals surface area contributed by atoms with Gasteiger partial charge in [-0.3, -0.25) is 9.78 Å². The van der Waals surface area contributed by atoms with Gasteiger partial charge in [0.15, 0.2) is 0 Å². The lowest BCUT2D eigenvalue weighted by molar-refractivity contribution is 0.0951. The third-order valence-electron chi connectivity index (χ3n) is 3.03. The van der Waals surface area contributed by atoms with E-state index in [0.29, 0.717) is 16.8 Å². The molecule has 0 bridgehead atoms. The van der Waals surface area contributed by atoms with Gasteiger partial charge in [-0.2, -0.15) is 0 Å². The molecule has 0 saturated heterocycles. The summed E-state index contributed by atoms with van der Waals surface area (Å²) >= 11 is 0. The van der Waals surface area contributed by atoms with Gasteiger partial charge in [0, 0.05) is 24.8 Å². The monoisotopic (exact) mass is 287 g/mol. The number of hydrogen-bond acceptors (Lipinski definition) is 3. The first kappa shape index (κ1) is 15.0. The van der Waals surface area contributed by atoms with E-state index in [9.17, 15) is 9.18 Å². The zero-order valence-corrected chi connectivity index (χ0v) is 11.9. The van der Waals surface area contributed by atoms with E-state index >= 15 is 0 Å². The van der Waals surface area contributed by atoms with Crippen molar-refractivity contribution in [2.45, 2.75) is 19.9 Å². The maximum absolute atomic E-state index is 13.5. The summed E-state index contributed by atoms with van der Waals surface area (Å²) in [5.74, 6) is -0.573. The first-order valence-electron chi connectivity index (χ1n) is 6.92. The molecule has 0 fully saturated rings. The van der Waals surface area contributed by atoms with Crippen molar-refractivity contribution >= 4 is 11.6 Å². The van der Waals surface area contributed by atoms with Crippen molar-refractivity contribution in [3.8, 4) is 0 Å². The van der Waals surface area contributed by atoms with Gasteiger partial charge in [-0.15, -0.1) is 0 Å². The predicted octanol–water partition coefficient (Wildman–Crippen LogP) is 2.97. The highest BCUT2D eigenvalue weighted by atomic mass is 19.1. The van der Waals surface area contributed by atoms with Gasteiger partial charge >= 0.3 is 0 Å². The Balaban J connectivity index is 2.05. The van der Waals surface area contributed by atoms with Crippen LogP contribution in [0.3, 0.4) is 0 Å². The van der Waals surface area contributed by atoms with Crippen molar-refractivity contribution in [2.75, 3.05) is 11.9 Å². The van der Waals surface area contributed by atoms with Crippen LogP contribution in [0.5, 0.6) is 0 Å². The fourth-order valence-electron chi connectivity index (χ4n) is 1.91. The summed E-state index contributed by atoms with van der Waals surface area (Å²) in [7, 11) is 0. The van der Waals surface area contributed by atoms with Crippen LogP contribution >= 0.6 is 0 Å². The topological polar surface area (TPSA) is 54.0 Å². The van der Waals surface area contributed by atoms with E-state index in [2.05, 4.69) is 15.6 Å². The number of pyridine rings is 1. The molecule has 1 heterocycles. The van der Waals surface area contributed by atoms with Crippen LogP contribution in [0.2, 0.25) is 0 Å². The lowest BCUT2D eigenvalue weighted by atomic mass is 10.2. The molecule has 110 valence electrons. The normalized spacial score (nSPS) is 10.2. The molecule has 1 amide bonds. The van der Waals surface area contributed by atoms with Gasteiger partial charge in [0.1, 0.15) is 5.82 Å². The number of amides is 1. The van der Waals surface area contributed by atoms with Crippen molar-refractivity contribution in [1.29, 1.82) is 0 Å². The van der Waals surface area contributed by atoms with E-state index in [-0.39, 0.29) is 18.3 Å². The molecule has 4 nitrogen and oxygen atoms in total. The van der Waals surface area contributed by atoms with Crippen molar-refractivity contribution in [1.82, 2.24) is 10.3 Å². The Labute approximate surface area is 123 Å². The van der Waals surface area contributed by atoms with Crippen LogP contribution < -0.4 is 10.6 Å². The zero-order chi connectivity index (χ0) is 15.1. The predicted molar refractivity (Wildman–Crippen MR) is 80.6 cm³/mol. The van der Waals surface area contributed by atoms with Crippen molar-refractivity contribution in [2.24, 2.45) is 0 Å². The highest BCUT2D eigenvalue weighted by molar-refractivity contribution is 5.99. The molecule has 2 N–H and O–H groups in total. The number of aromatic nitrogens is 1. The van der Waals surface area contributed by atoms with Crippen molar-refractivity contribution < 1.29 is 9.18 Å². The van der Waals surface area contributed by atoms with Crippen LogP contribution in [0.4, 0.5) is 10.1 Å². The van der Waals surface area contributed by atoms with Crippen LogP contribution in [-0.4, -0.2) is 17.4 Å². The second kappa shape index (κ2) is 7.38. The van der Waals surface area contributed by atoms with Gasteiger partial charge < -0.3 is 10.6 Å².